The van der Waals surface area contributed by atoms with Gasteiger partial charge in [0.1, 0.15) is 5.25 Å². The zero-order valence-corrected chi connectivity index (χ0v) is 11.6. The van der Waals surface area contributed by atoms with E-state index in [1.165, 1.54) is 0 Å². The third-order valence-corrected chi connectivity index (χ3v) is 6.28. The van der Waals surface area contributed by atoms with E-state index in [2.05, 4.69) is 0 Å². The van der Waals surface area contributed by atoms with E-state index in [1.54, 1.807) is 6.26 Å². The summed E-state index contributed by atoms with van der Waals surface area (Å²) >= 11 is 0. The molecule has 0 bridgehead atoms. The maximum absolute atomic E-state index is 12.3. The second-order valence-corrected chi connectivity index (χ2v) is 8.05. The van der Waals surface area contributed by atoms with E-state index in [0.29, 0.717) is 0 Å². The highest BCUT2D eigenvalue weighted by Gasteiger charge is 2.27. The number of rotatable bonds is 4. The molecule has 2 aromatic rings. The van der Waals surface area contributed by atoms with Crippen molar-refractivity contribution in [1.82, 2.24) is 0 Å². The van der Waals surface area contributed by atoms with Gasteiger partial charge in [-0.3, -0.25) is 0 Å². The molecule has 0 aliphatic heterocycles. The van der Waals surface area contributed by atoms with Crippen molar-refractivity contribution >= 4 is 19.7 Å². The normalized spacial score (nSPS) is 11.7. The lowest BCUT2D eigenvalue weighted by Gasteiger charge is -2.16. The number of benzene rings is 2. The van der Waals surface area contributed by atoms with Crippen LogP contribution in [-0.4, -0.2) is 14.7 Å². The quantitative estimate of drug-likeness (QED) is 0.803. The Morgan fingerprint density at radius 1 is 0.833 bits per heavy atom. The predicted molar refractivity (Wildman–Crippen MR) is 77.2 cm³/mol. The van der Waals surface area contributed by atoms with Crippen LogP contribution in [-0.2, 0) is 8.87 Å². The van der Waals surface area contributed by atoms with Crippen molar-refractivity contribution in [1.29, 1.82) is 0 Å². The molecule has 0 atom stereocenters. The monoisotopic (exact) mass is 278 g/mol. The Morgan fingerprint density at radius 2 is 1.22 bits per heavy atom. The maximum atomic E-state index is 12.3. The molecule has 0 unspecified atom stereocenters. The molecule has 0 aromatic heterocycles. The second-order valence-electron chi connectivity index (χ2n) is 3.86. The highest BCUT2D eigenvalue weighted by Crippen LogP contribution is 2.35. The first-order valence-electron chi connectivity index (χ1n) is 5.54. The van der Waals surface area contributed by atoms with Crippen molar-refractivity contribution in [2.75, 3.05) is 6.26 Å². The van der Waals surface area contributed by atoms with Gasteiger partial charge in [0.25, 0.3) is 0 Å². The molecule has 4 heteroatoms. The van der Waals surface area contributed by atoms with Crippen LogP contribution in [0.15, 0.2) is 60.7 Å². The van der Waals surface area contributed by atoms with E-state index >= 15 is 0 Å². The molecular formula is C14H14O2S2. The van der Waals surface area contributed by atoms with Gasteiger partial charge in [-0.25, -0.2) is 8.42 Å². The fourth-order valence-corrected chi connectivity index (χ4v) is 4.30. The standard InChI is InChI=1S/C14H14O2S2/c1-17-18(15,16)14(12-8-4-2-5-9-12)13-10-6-3-7-11-13/h2-11,14H,1H3. The summed E-state index contributed by atoms with van der Waals surface area (Å²) in [5.41, 5.74) is 1.61. The van der Waals surface area contributed by atoms with E-state index in [4.69, 9.17) is 0 Å². The molecule has 18 heavy (non-hydrogen) atoms. The van der Waals surface area contributed by atoms with Gasteiger partial charge in [-0.1, -0.05) is 60.7 Å². The lowest BCUT2D eigenvalue weighted by Crippen LogP contribution is -2.10. The van der Waals surface area contributed by atoms with E-state index in [9.17, 15) is 8.42 Å². The molecule has 0 saturated carbocycles. The van der Waals surface area contributed by atoms with Crippen LogP contribution in [0.25, 0.3) is 0 Å². The molecular weight excluding hydrogens is 264 g/mol. The summed E-state index contributed by atoms with van der Waals surface area (Å²) in [6.07, 6.45) is 1.61. The Morgan fingerprint density at radius 3 is 1.56 bits per heavy atom. The van der Waals surface area contributed by atoms with Crippen LogP contribution in [0.5, 0.6) is 0 Å². The van der Waals surface area contributed by atoms with E-state index < -0.39 is 14.1 Å². The summed E-state index contributed by atoms with van der Waals surface area (Å²) in [4.78, 5) is 0. The Hall–Kier alpha value is -1.26. The zero-order valence-electron chi connectivity index (χ0n) is 9.98. The summed E-state index contributed by atoms with van der Waals surface area (Å²) in [7, 11) is -2.35. The second kappa shape index (κ2) is 5.59. The molecule has 2 rings (SSSR count). The maximum Gasteiger partial charge on any atom is 0.212 e. The molecule has 2 nitrogen and oxygen atoms in total. The highest BCUT2D eigenvalue weighted by molar-refractivity contribution is 8.71. The zero-order chi connectivity index (χ0) is 13.0. The van der Waals surface area contributed by atoms with Crippen LogP contribution < -0.4 is 0 Å². The average Bonchev–Trinajstić information content (AvgIpc) is 2.41. The van der Waals surface area contributed by atoms with Gasteiger partial charge >= 0.3 is 0 Å². The fraction of sp³-hybridized carbons (Fsp3) is 0.143. The van der Waals surface area contributed by atoms with Gasteiger partial charge in [-0.15, -0.1) is 0 Å². The molecule has 0 N–H and O–H groups in total. The smallest absolute Gasteiger partial charge is 0.212 e. The molecule has 0 spiro atoms. The third-order valence-electron chi connectivity index (χ3n) is 2.73. The molecule has 94 valence electrons. The summed E-state index contributed by atoms with van der Waals surface area (Å²) in [5.74, 6) is 0. The largest absolute Gasteiger partial charge is 0.216 e. The van der Waals surface area contributed by atoms with Crippen molar-refractivity contribution < 1.29 is 8.42 Å². The fourth-order valence-electron chi connectivity index (χ4n) is 1.88. The lowest BCUT2D eigenvalue weighted by molar-refractivity contribution is 0.604. The van der Waals surface area contributed by atoms with Crippen LogP contribution in [0.4, 0.5) is 0 Å². The molecule has 0 radical (unpaired) electrons. The molecule has 0 aliphatic carbocycles. The SMILES string of the molecule is CSS(=O)(=O)C(c1ccccc1)c1ccccc1. The number of hydrogen-bond acceptors (Lipinski definition) is 3. The molecule has 0 aliphatic rings. The molecule has 2 aromatic carbocycles. The Bertz CT molecular complexity index is 553. The van der Waals surface area contributed by atoms with Crippen LogP contribution in [0.1, 0.15) is 16.4 Å². The number of hydrogen-bond donors (Lipinski definition) is 0. The minimum atomic E-state index is -3.25. The van der Waals surface area contributed by atoms with Crippen LogP contribution >= 0.6 is 10.8 Å². The first kappa shape index (κ1) is 13.2. The predicted octanol–water partition coefficient (Wildman–Crippen LogP) is 3.47. The topological polar surface area (TPSA) is 34.1 Å². The van der Waals surface area contributed by atoms with Crippen molar-refractivity contribution in [3.63, 3.8) is 0 Å². The molecule has 0 amide bonds. The van der Waals surface area contributed by atoms with Gasteiger partial charge in [-0.05, 0) is 28.2 Å². The summed E-state index contributed by atoms with van der Waals surface area (Å²) in [6.45, 7) is 0. The van der Waals surface area contributed by atoms with Crippen LogP contribution in [0.2, 0.25) is 0 Å². The van der Waals surface area contributed by atoms with Gasteiger partial charge in [0.15, 0.2) is 0 Å². The summed E-state index contributed by atoms with van der Waals surface area (Å²) in [6, 6.07) is 18.6. The van der Waals surface area contributed by atoms with E-state index in [0.717, 1.165) is 21.9 Å². The molecule has 0 saturated heterocycles. The Labute approximate surface area is 111 Å². The van der Waals surface area contributed by atoms with Crippen LogP contribution in [0.3, 0.4) is 0 Å². The van der Waals surface area contributed by atoms with Gasteiger partial charge in [0.2, 0.25) is 8.87 Å². The summed E-state index contributed by atoms with van der Waals surface area (Å²) < 4.78 is 24.5. The van der Waals surface area contributed by atoms with Crippen molar-refractivity contribution in [3.8, 4) is 0 Å². The Kier molecular flexibility index (Phi) is 4.09. The van der Waals surface area contributed by atoms with Crippen LogP contribution in [0, 0.1) is 0 Å². The van der Waals surface area contributed by atoms with Gasteiger partial charge in [0, 0.05) is 0 Å². The minimum absolute atomic E-state index is 0.602. The van der Waals surface area contributed by atoms with E-state index in [1.807, 2.05) is 60.7 Å². The van der Waals surface area contributed by atoms with E-state index in [-0.39, 0.29) is 0 Å². The van der Waals surface area contributed by atoms with Crippen molar-refractivity contribution in [2.24, 2.45) is 0 Å². The first-order chi connectivity index (χ1) is 8.65. The van der Waals surface area contributed by atoms with Gasteiger partial charge in [-0.2, -0.15) is 0 Å². The third kappa shape index (κ3) is 2.76. The van der Waals surface area contributed by atoms with Gasteiger partial charge < -0.3 is 0 Å². The molecule has 0 fully saturated rings. The lowest BCUT2D eigenvalue weighted by atomic mass is 10.0. The molecule has 0 heterocycles. The van der Waals surface area contributed by atoms with Crippen molar-refractivity contribution in [3.05, 3.63) is 71.8 Å². The summed E-state index contributed by atoms with van der Waals surface area (Å²) in [5, 5.41) is -0.602. The average molecular weight is 278 g/mol. The first-order valence-corrected chi connectivity index (χ1v) is 8.83. The highest BCUT2D eigenvalue weighted by atomic mass is 33.1. The van der Waals surface area contributed by atoms with Gasteiger partial charge in [0.05, 0.1) is 0 Å². The Balaban J connectivity index is 2.56. The minimum Gasteiger partial charge on any atom is -0.216 e. The van der Waals surface area contributed by atoms with Crippen molar-refractivity contribution in [2.45, 2.75) is 5.25 Å².